The van der Waals surface area contributed by atoms with Crippen molar-refractivity contribution in [1.82, 2.24) is 4.31 Å². The highest BCUT2D eigenvalue weighted by Gasteiger charge is 2.27. The Morgan fingerprint density at radius 2 is 2.05 bits per heavy atom. The Kier molecular flexibility index (Phi) is 6.57. The fourth-order valence-electron chi connectivity index (χ4n) is 1.73. The van der Waals surface area contributed by atoms with Crippen LogP contribution in [0.15, 0.2) is 27.6 Å². The van der Waals surface area contributed by atoms with Crippen LogP contribution in [-0.4, -0.2) is 39.5 Å². The smallest absolute Gasteiger partial charge is 0.244 e. The lowest BCUT2D eigenvalue weighted by Gasteiger charge is -2.24. The first kappa shape index (κ1) is 17.6. The first-order valence-corrected chi connectivity index (χ1v) is 8.46. The molecule has 114 valence electrons. The highest BCUT2D eigenvalue weighted by molar-refractivity contribution is 9.10. The maximum Gasteiger partial charge on any atom is 0.244 e. The van der Waals surface area contributed by atoms with Gasteiger partial charge < -0.3 is 4.74 Å². The molecule has 0 aliphatic heterocycles. The third-order valence-corrected chi connectivity index (χ3v) is 5.47. The zero-order chi connectivity index (χ0) is 15.3. The molecule has 0 saturated heterocycles. The monoisotopic (exact) mass is 367 g/mol. The molecule has 0 spiro atoms. The molecular weight excluding hydrogens is 349 g/mol. The summed E-state index contributed by atoms with van der Waals surface area (Å²) in [5.41, 5.74) is 0. The molecule has 0 aliphatic rings. The second-order valence-electron chi connectivity index (χ2n) is 4.82. The molecule has 20 heavy (non-hydrogen) atoms. The molecule has 7 heteroatoms. The summed E-state index contributed by atoms with van der Waals surface area (Å²) < 4.78 is 44.9. The van der Waals surface area contributed by atoms with Crippen LogP contribution < -0.4 is 0 Å². The van der Waals surface area contributed by atoms with Crippen LogP contribution in [0, 0.1) is 11.7 Å². The van der Waals surface area contributed by atoms with Crippen molar-refractivity contribution in [3.8, 4) is 0 Å². The average molecular weight is 368 g/mol. The summed E-state index contributed by atoms with van der Waals surface area (Å²) >= 11 is 3.11. The maximum atomic E-state index is 13.1. The summed E-state index contributed by atoms with van der Waals surface area (Å²) in [7, 11) is -2.15. The van der Waals surface area contributed by atoms with E-state index in [1.54, 1.807) is 0 Å². The van der Waals surface area contributed by atoms with Gasteiger partial charge in [-0.25, -0.2) is 12.8 Å². The van der Waals surface area contributed by atoms with E-state index in [1.165, 1.54) is 17.5 Å². The van der Waals surface area contributed by atoms with Crippen LogP contribution in [0.3, 0.4) is 0 Å². The van der Waals surface area contributed by atoms with Crippen LogP contribution in [0.4, 0.5) is 4.39 Å². The molecule has 0 atom stereocenters. The molecule has 0 aromatic heterocycles. The number of hydrogen-bond acceptors (Lipinski definition) is 3. The number of benzene rings is 1. The zero-order valence-corrected chi connectivity index (χ0v) is 14.2. The number of ether oxygens (including phenoxy) is 1. The van der Waals surface area contributed by atoms with E-state index in [0.29, 0.717) is 13.2 Å². The molecule has 0 aliphatic carbocycles. The minimum atomic E-state index is -3.68. The predicted molar refractivity (Wildman–Crippen MR) is 79.6 cm³/mol. The van der Waals surface area contributed by atoms with E-state index in [4.69, 9.17) is 4.74 Å². The van der Waals surface area contributed by atoms with Crippen molar-refractivity contribution >= 4 is 26.0 Å². The molecular formula is C13H19BrFNO3S. The van der Waals surface area contributed by atoms with Gasteiger partial charge in [0.25, 0.3) is 0 Å². The van der Waals surface area contributed by atoms with E-state index in [2.05, 4.69) is 15.9 Å². The van der Waals surface area contributed by atoms with Gasteiger partial charge in [-0.3, -0.25) is 0 Å². The number of halogens is 2. The molecule has 4 nitrogen and oxygen atoms in total. The van der Waals surface area contributed by atoms with Crippen molar-refractivity contribution in [2.75, 3.05) is 26.8 Å². The van der Waals surface area contributed by atoms with Crippen molar-refractivity contribution in [2.24, 2.45) is 5.92 Å². The van der Waals surface area contributed by atoms with Crippen LogP contribution in [0.2, 0.25) is 0 Å². The fourth-order valence-corrected chi connectivity index (χ4v) is 4.33. The number of sulfonamides is 1. The molecule has 1 aromatic rings. The quantitative estimate of drug-likeness (QED) is 0.744. The molecule has 1 rings (SSSR count). The second kappa shape index (κ2) is 7.49. The first-order valence-electron chi connectivity index (χ1n) is 6.23. The molecule has 0 fully saturated rings. The Bertz CT molecular complexity index is 549. The van der Waals surface area contributed by atoms with E-state index in [0.717, 1.165) is 12.1 Å². The normalized spacial score (nSPS) is 12.3. The number of nitrogens with zero attached hydrogens (tertiary/aromatic N) is 1. The Morgan fingerprint density at radius 1 is 1.40 bits per heavy atom. The Morgan fingerprint density at radius 3 is 2.55 bits per heavy atom. The first-order chi connectivity index (χ1) is 9.28. The second-order valence-corrected chi connectivity index (χ2v) is 7.59. The molecule has 0 heterocycles. The average Bonchev–Trinajstić information content (AvgIpc) is 2.33. The Labute approximate surface area is 128 Å². The van der Waals surface area contributed by atoms with E-state index in [-0.39, 0.29) is 21.8 Å². The van der Waals surface area contributed by atoms with Crippen molar-refractivity contribution in [3.05, 3.63) is 28.5 Å². The van der Waals surface area contributed by atoms with Crippen LogP contribution in [0.25, 0.3) is 0 Å². The largest absolute Gasteiger partial charge is 0.383 e. The maximum absolute atomic E-state index is 13.1. The van der Waals surface area contributed by atoms with E-state index >= 15 is 0 Å². The van der Waals surface area contributed by atoms with Crippen molar-refractivity contribution in [1.29, 1.82) is 0 Å². The summed E-state index contributed by atoms with van der Waals surface area (Å²) in [6.45, 7) is 4.84. The molecule has 0 unspecified atom stereocenters. The van der Waals surface area contributed by atoms with Gasteiger partial charge in [0.15, 0.2) is 0 Å². The number of rotatable bonds is 7. The minimum absolute atomic E-state index is 0.0654. The van der Waals surface area contributed by atoms with Gasteiger partial charge in [-0.1, -0.05) is 13.8 Å². The highest BCUT2D eigenvalue weighted by atomic mass is 79.9. The van der Waals surface area contributed by atoms with Crippen LogP contribution in [0.1, 0.15) is 13.8 Å². The molecule has 1 aromatic carbocycles. The Balaban J connectivity index is 3.14. The summed E-state index contributed by atoms with van der Waals surface area (Å²) in [5, 5.41) is 0. The van der Waals surface area contributed by atoms with Gasteiger partial charge in [0, 0.05) is 24.7 Å². The van der Waals surface area contributed by atoms with Gasteiger partial charge in [-0.2, -0.15) is 4.31 Å². The lowest BCUT2D eigenvalue weighted by Crippen LogP contribution is -2.36. The van der Waals surface area contributed by atoms with Gasteiger partial charge in [-0.05, 0) is 40.0 Å². The summed E-state index contributed by atoms with van der Waals surface area (Å²) in [6, 6.07) is 3.56. The predicted octanol–water partition coefficient (Wildman–Crippen LogP) is 2.88. The molecule has 0 amide bonds. The van der Waals surface area contributed by atoms with Crippen LogP contribution in [-0.2, 0) is 14.8 Å². The number of methoxy groups -OCH3 is 1. The highest BCUT2D eigenvalue weighted by Crippen LogP contribution is 2.26. The lowest BCUT2D eigenvalue weighted by atomic mass is 10.2. The minimum Gasteiger partial charge on any atom is -0.383 e. The van der Waals surface area contributed by atoms with Gasteiger partial charge in [0.1, 0.15) is 5.82 Å². The third kappa shape index (κ3) is 4.51. The van der Waals surface area contributed by atoms with Crippen molar-refractivity contribution in [3.63, 3.8) is 0 Å². The lowest BCUT2D eigenvalue weighted by molar-refractivity contribution is 0.175. The summed E-state index contributed by atoms with van der Waals surface area (Å²) in [6.07, 6.45) is 0. The summed E-state index contributed by atoms with van der Waals surface area (Å²) in [5.74, 6) is -0.302. The molecule has 0 saturated carbocycles. The topological polar surface area (TPSA) is 46.6 Å². The van der Waals surface area contributed by atoms with Crippen molar-refractivity contribution < 1.29 is 17.5 Å². The van der Waals surface area contributed by atoms with Crippen molar-refractivity contribution in [2.45, 2.75) is 18.7 Å². The fraction of sp³-hybridized carbons (Fsp3) is 0.538. The van der Waals surface area contributed by atoms with Gasteiger partial charge in [0.05, 0.1) is 11.5 Å². The van der Waals surface area contributed by atoms with Gasteiger partial charge in [0.2, 0.25) is 10.0 Å². The molecule has 0 bridgehead atoms. The van der Waals surface area contributed by atoms with Crippen LogP contribution >= 0.6 is 15.9 Å². The van der Waals surface area contributed by atoms with Gasteiger partial charge in [-0.15, -0.1) is 0 Å². The Hall–Kier alpha value is -0.500. The SMILES string of the molecule is COCCN(CC(C)C)S(=O)(=O)c1ccc(F)cc1Br. The standard InChI is InChI=1S/C13H19BrFNO3S/c1-10(2)9-16(6-7-19-3)20(17,18)13-5-4-11(15)8-12(13)14/h4-5,8,10H,6-7,9H2,1-3H3. The summed E-state index contributed by atoms with van der Waals surface area (Å²) in [4.78, 5) is 0.0654. The third-order valence-electron chi connectivity index (χ3n) is 2.63. The molecule has 0 radical (unpaired) electrons. The van der Waals surface area contributed by atoms with E-state index in [9.17, 15) is 12.8 Å². The number of hydrogen-bond donors (Lipinski definition) is 0. The van der Waals surface area contributed by atoms with Crippen LogP contribution in [0.5, 0.6) is 0 Å². The zero-order valence-electron chi connectivity index (χ0n) is 11.8. The van der Waals surface area contributed by atoms with E-state index in [1.807, 2.05) is 13.8 Å². The van der Waals surface area contributed by atoms with Gasteiger partial charge >= 0.3 is 0 Å². The molecule has 0 N–H and O–H groups in total. The van der Waals surface area contributed by atoms with E-state index < -0.39 is 15.8 Å².